The fourth-order valence-electron chi connectivity index (χ4n) is 3.21. The number of nitrogens with zero attached hydrogens (tertiary/aromatic N) is 3. The van der Waals surface area contributed by atoms with Crippen LogP contribution in [0.5, 0.6) is 0 Å². The van der Waals surface area contributed by atoms with Crippen LogP contribution < -0.4 is 0 Å². The Bertz CT molecular complexity index is 1040. The van der Waals surface area contributed by atoms with Gasteiger partial charge in [0.1, 0.15) is 5.82 Å². The van der Waals surface area contributed by atoms with Gasteiger partial charge < -0.3 is 4.90 Å². The first-order chi connectivity index (χ1) is 13.7. The van der Waals surface area contributed by atoms with Crippen molar-refractivity contribution in [2.45, 2.75) is 12.7 Å². The molecule has 1 heterocycles. The van der Waals surface area contributed by atoms with Gasteiger partial charge >= 0.3 is 0 Å². The predicted octanol–water partition coefficient (Wildman–Crippen LogP) is 2.33. The van der Waals surface area contributed by atoms with Crippen LogP contribution in [0.2, 0.25) is 0 Å². The van der Waals surface area contributed by atoms with Gasteiger partial charge in [-0.2, -0.15) is 4.31 Å². The van der Waals surface area contributed by atoms with Crippen LogP contribution >= 0.6 is 0 Å². The van der Waals surface area contributed by atoms with E-state index in [9.17, 15) is 27.7 Å². The molecular formula is C19H20FN3O5S. The van der Waals surface area contributed by atoms with Gasteiger partial charge in [0.15, 0.2) is 0 Å². The number of halogens is 1. The van der Waals surface area contributed by atoms with Crippen molar-refractivity contribution in [3.8, 4) is 0 Å². The first kappa shape index (κ1) is 20.9. The molecule has 1 aliphatic heterocycles. The standard InChI is InChI=1S/C19H20FN3O5S/c1-14-17(20)11-16(12-18(14)23(25)26)19(24)21-7-9-22(10-8-21)29(27,28)13-15-5-3-2-4-6-15/h2-6,11-12H,7-10,13H2,1H3. The number of sulfonamides is 1. The Morgan fingerprint density at radius 3 is 2.34 bits per heavy atom. The zero-order valence-corrected chi connectivity index (χ0v) is 16.6. The molecular weight excluding hydrogens is 401 g/mol. The van der Waals surface area contributed by atoms with Crippen molar-refractivity contribution in [1.82, 2.24) is 9.21 Å². The fraction of sp³-hybridized carbons (Fsp3) is 0.316. The molecule has 10 heteroatoms. The van der Waals surface area contributed by atoms with Crippen LogP contribution in [0.3, 0.4) is 0 Å². The van der Waals surface area contributed by atoms with Crippen molar-refractivity contribution in [3.63, 3.8) is 0 Å². The van der Waals surface area contributed by atoms with E-state index in [1.54, 1.807) is 30.3 Å². The van der Waals surface area contributed by atoms with Gasteiger partial charge in [-0.25, -0.2) is 12.8 Å². The molecule has 2 aromatic rings. The highest BCUT2D eigenvalue weighted by Gasteiger charge is 2.30. The summed E-state index contributed by atoms with van der Waals surface area (Å²) >= 11 is 0. The summed E-state index contributed by atoms with van der Waals surface area (Å²) in [5.41, 5.74) is -0.0466. The van der Waals surface area contributed by atoms with E-state index >= 15 is 0 Å². The Labute approximate surface area is 167 Å². The second kappa shape index (κ2) is 8.26. The van der Waals surface area contributed by atoms with E-state index in [1.807, 2.05) is 0 Å². The first-order valence-corrected chi connectivity index (χ1v) is 10.6. The van der Waals surface area contributed by atoms with E-state index < -0.39 is 32.4 Å². The number of nitro groups is 1. The van der Waals surface area contributed by atoms with Gasteiger partial charge in [-0.1, -0.05) is 30.3 Å². The maximum Gasteiger partial charge on any atom is 0.276 e. The van der Waals surface area contributed by atoms with E-state index in [1.165, 1.54) is 16.1 Å². The predicted molar refractivity (Wildman–Crippen MR) is 104 cm³/mol. The SMILES string of the molecule is Cc1c(F)cc(C(=O)N2CCN(S(=O)(=O)Cc3ccccc3)CC2)cc1[N+](=O)[O-]. The molecule has 0 atom stereocenters. The maximum atomic E-state index is 14.0. The fourth-order valence-corrected chi connectivity index (χ4v) is 4.72. The zero-order valence-electron chi connectivity index (χ0n) is 15.7. The highest BCUT2D eigenvalue weighted by atomic mass is 32.2. The first-order valence-electron chi connectivity index (χ1n) is 8.94. The topological polar surface area (TPSA) is 101 Å². The number of carbonyl (C=O) groups is 1. The largest absolute Gasteiger partial charge is 0.336 e. The van der Waals surface area contributed by atoms with Crippen LogP contribution in [-0.2, 0) is 15.8 Å². The Morgan fingerprint density at radius 2 is 1.76 bits per heavy atom. The van der Waals surface area contributed by atoms with Crippen LogP contribution in [0.4, 0.5) is 10.1 Å². The van der Waals surface area contributed by atoms with Crippen LogP contribution in [0, 0.1) is 22.9 Å². The number of benzene rings is 2. The van der Waals surface area contributed by atoms with Gasteiger partial charge in [-0.3, -0.25) is 14.9 Å². The summed E-state index contributed by atoms with van der Waals surface area (Å²) in [5, 5.41) is 11.1. The lowest BCUT2D eigenvalue weighted by molar-refractivity contribution is -0.385. The minimum atomic E-state index is -3.53. The summed E-state index contributed by atoms with van der Waals surface area (Å²) in [4.78, 5) is 24.4. The maximum absolute atomic E-state index is 14.0. The molecule has 0 aromatic heterocycles. The average Bonchev–Trinajstić information content (AvgIpc) is 2.69. The monoisotopic (exact) mass is 421 g/mol. The molecule has 0 bridgehead atoms. The third-order valence-corrected chi connectivity index (χ3v) is 6.72. The summed E-state index contributed by atoms with van der Waals surface area (Å²) in [7, 11) is -3.53. The molecule has 1 amide bonds. The van der Waals surface area contributed by atoms with Crippen molar-refractivity contribution < 1.29 is 22.5 Å². The number of carbonyl (C=O) groups excluding carboxylic acids is 1. The Hall–Kier alpha value is -2.85. The highest BCUT2D eigenvalue weighted by Crippen LogP contribution is 2.24. The number of nitro benzene ring substituents is 1. The van der Waals surface area contributed by atoms with Gasteiger partial charge in [-0.05, 0) is 18.6 Å². The van der Waals surface area contributed by atoms with Crippen molar-refractivity contribution in [2.24, 2.45) is 0 Å². The molecule has 2 aromatic carbocycles. The van der Waals surface area contributed by atoms with Gasteiger partial charge in [0.05, 0.1) is 16.2 Å². The number of hydrogen-bond donors (Lipinski definition) is 0. The minimum absolute atomic E-state index is 0.108. The van der Waals surface area contributed by atoms with E-state index in [0.29, 0.717) is 5.56 Å². The van der Waals surface area contributed by atoms with E-state index in [2.05, 4.69) is 0 Å². The third-order valence-electron chi connectivity index (χ3n) is 4.87. The lowest BCUT2D eigenvalue weighted by Gasteiger charge is -2.34. The molecule has 0 spiro atoms. The number of rotatable bonds is 5. The quantitative estimate of drug-likeness (QED) is 0.545. The molecule has 29 heavy (non-hydrogen) atoms. The average molecular weight is 421 g/mol. The third kappa shape index (κ3) is 4.60. The molecule has 1 saturated heterocycles. The summed E-state index contributed by atoms with van der Waals surface area (Å²) in [6.07, 6.45) is 0. The molecule has 0 N–H and O–H groups in total. The second-order valence-corrected chi connectivity index (χ2v) is 8.76. The lowest BCUT2D eigenvalue weighted by Crippen LogP contribution is -2.50. The summed E-state index contributed by atoms with van der Waals surface area (Å²) in [6.45, 7) is 1.74. The molecule has 0 saturated carbocycles. The molecule has 3 rings (SSSR count). The normalized spacial score (nSPS) is 15.3. The summed E-state index contributed by atoms with van der Waals surface area (Å²) in [5.74, 6) is -1.52. The molecule has 0 unspecified atom stereocenters. The van der Waals surface area contributed by atoms with E-state index in [-0.39, 0.29) is 43.1 Å². The Balaban J connectivity index is 1.69. The van der Waals surface area contributed by atoms with Crippen molar-refractivity contribution >= 4 is 21.6 Å². The van der Waals surface area contributed by atoms with Crippen LogP contribution in [0.25, 0.3) is 0 Å². The summed E-state index contributed by atoms with van der Waals surface area (Å²) in [6, 6.07) is 10.8. The van der Waals surface area contributed by atoms with Crippen molar-refractivity contribution in [2.75, 3.05) is 26.2 Å². The van der Waals surface area contributed by atoms with E-state index in [0.717, 1.165) is 12.1 Å². The zero-order chi connectivity index (χ0) is 21.2. The Kier molecular flexibility index (Phi) is 5.94. The van der Waals surface area contributed by atoms with Crippen LogP contribution in [-0.4, -0.2) is 54.6 Å². The van der Waals surface area contributed by atoms with Crippen LogP contribution in [0.1, 0.15) is 21.5 Å². The smallest absolute Gasteiger partial charge is 0.276 e. The molecule has 0 aliphatic carbocycles. The van der Waals surface area contributed by atoms with Crippen molar-refractivity contribution in [3.05, 3.63) is 75.1 Å². The molecule has 1 aliphatic rings. The van der Waals surface area contributed by atoms with Gasteiger partial charge in [-0.15, -0.1) is 0 Å². The van der Waals surface area contributed by atoms with Gasteiger partial charge in [0, 0.05) is 37.8 Å². The minimum Gasteiger partial charge on any atom is -0.336 e. The van der Waals surface area contributed by atoms with Gasteiger partial charge in [0.2, 0.25) is 10.0 Å². The highest BCUT2D eigenvalue weighted by molar-refractivity contribution is 7.88. The second-order valence-electron chi connectivity index (χ2n) is 6.79. The molecule has 154 valence electrons. The molecule has 1 fully saturated rings. The number of hydrogen-bond acceptors (Lipinski definition) is 5. The Morgan fingerprint density at radius 1 is 1.14 bits per heavy atom. The van der Waals surface area contributed by atoms with Crippen LogP contribution in [0.15, 0.2) is 42.5 Å². The molecule has 0 radical (unpaired) electrons. The number of piperazine rings is 1. The van der Waals surface area contributed by atoms with E-state index in [4.69, 9.17) is 0 Å². The number of amides is 1. The van der Waals surface area contributed by atoms with Gasteiger partial charge in [0.25, 0.3) is 11.6 Å². The lowest BCUT2D eigenvalue weighted by atomic mass is 10.1. The summed E-state index contributed by atoms with van der Waals surface area (Å²) < 4.78 is 40.5. The molecule has 8 nitrogen and oxygen atoms in total. The van der Waals surface area contributed by atoms with Crippen molar-refractivity contribution in [1.29, 1.82) is 0 Å².